The first-order valence-corrected chi connectivity index (χ1v) is 9.72. The summed E-state index contributed by atoms with van der Waals surface area (Å²) in [5.74, 6) is 0.837. The number of anilines is 1. The van der Waals surface area contributed by atoms with E-state index in [0.29, 0.717) is 0 Å². The molecule has 27 heavy (non-hydrogen) atoms. The second-order valence-electron chi connectivity index (χ2n) is 7.94. The lowest BCUT2D eigenvalue weighted by Crippen LogP contribution is -2.37. The first kappa shape index (κ1) is 21.2. The van der Waals surface area contributed by atoms with Gasteiger partial charge in [0.15, 0.2) is 0 Å². The van der Waals surface area contributed by atoms with Crippen LogP contribution in [0.4, 0.5) is 5.69 Å². The molecular weight excluding hydrogens is 336 g/mol. The summed E-state index contributed by atoms with van der Waals surface area (Å²) in [4.78, 5) is 6.40. The van der Waals surface area contributed by atoms with Crippen LogP contribution in [-0.2, 0) is 4.74 Å². The Morgan fingerprint density at radius 3 is 2.63 bits per heavy atom. The van der Waals surface area contributed by atoms with E-state index in [-0.39, 0.29) is 11.8 Å². The second-order valence-corrected chi connectivity index (χ2v) is 7.94. The second kappa shape index (κ2) is 9.23. The lowest BCUT2D eigenvalue weighted by atomic mass is 9.97. The van der Waals surface area contributed by atoms with Gasteiger partial charge in [-0.25, -0.2) is 0 Å². The lowest BCUT2D eigenvalue weighted by Gasteiger charge is -2.34. The van der Waals surface area contributed by atoms with Gasteiger partial charge in [0.25, 0.3) is 0 Å². The number of nitrogens with zero attached hydrogens (tertiary/aromatic N) is 2. The molecule has 1 unspecified atom stereocenters. The minimum atomic E-state index is -0.257. The summed E-state index contributed by atoms with van der Waals surface area (Å²) in [6.45, 7) is 13.3. The highest BCUT2D eigenvalue weighted by Gasteiger charge is 2.23. The van der Waals surface area contributed by atoms with Gasteiger partial charge < -0.3 is 14.4 Å². The summed E-state index contributed by atoms with van der Waals surface area (Å²) in [5.41, 5.74) is 3.82. The van der Waals surface area contributed by atoms with Crippen molar-refractivity contribution < 1.29 is 9.47 Å². The average molecular weight is 371 g/mol. The predicted molar refractivity (Wildman–Crippen MR) is 116 cm³/mol. The van der Waals surface area contributed by atoms with Crippen molar-refractivity contribution in [3.05, 3.63) is 42.0 Å². The molecule has 1 aromatic carbocycles. The first-order valence-electron chi connectivity index (χ1n) is 9.72. The van der Waals surface area contributed by atoms with Gasteiger partial charge in [0.1, 0.15) is 17.6 Å². The Morgan fingerprint density at radius 1 is 1.33 bits per heavy atom. The molecule has 0 bridgehead atoms. The van der Waals surface area contributed by atoms with Crippen LogP contribution in [0.1, 0.15) is 52.5 Å². The Kier molecular flexibility index (Phi) is 7.25. The molecule has 1 aromatic rings. The Balaban J connectivity index is 2.46. The fourth-order valence-electron chi connectivity index (χ4n) is 3.29. The lowest BCUT2D eigenvalue weighted by molar-refractivity contribution is 0.0173. The van der Waals surface area contributed by atoms with Crippen LogP contribution in [0, 0.1) is 0 Å². The van der Waals surface area contributed by atoms with E-state index in [1.165, 1.54) is 6.42 Å². The molecule has 0 saturated carbocycles. The summed E-state index contributed by atoms with van der Waals surface area (Å²) in [7, 11) is 3.87. The van der Waals surface area contributed by atoms with E-state index < -0.39 is 0 Å². The maximum absolute atomic E-state index is 6.10. The van der Waals surface area contributed by atoms with Crippen molar-refractivity contribution in [2.24, 2.45) is 4.99 Å². The first-order chi connectivity index (χ1) is 12.8. The number of rotatable bonds is 6. The van der Waals surface area contributed by atoms with Crippen LogP contribution in [0.25, 0.3) is 5.57 Å². The number of ether oxygens (including phenoxy) is 2. The third kappa shape index (κ3) is 5.70. The number of allylic oxidation sites excluding steroid dienone is 3. The molecule has 4 nitrogen and oxygen atoms in total. The molecule has 1 heterocycles. The number of hydrogen-bond donors (Lipinski definition) is 0. The van der Waals surface area contributed by atoms with Gasteiger partial charge in [0, 0.05) is 38.2 Å². The fourth-order valence-corrected chi connectivity index (χ4v) is 3.29. The SMILES string of the molecule is C=C(/C(C=NC)=C/C)c1cc(OC(C)(C)C)ccc1N(C)C1CCCCO1. The largest absolute Gasteiger partial charge is 0.488 e. The van der Waals surface area contributed by atoms with Gasteiger partial charge in [0.2, 0.25) is 0 Å². The van der Waals surface area contributed by atoms with Gasteiger partial charge in [-0.15, -0.1) is 0 Å². The third-order valence-electron chi connectivity index (χ3n) is 4.61. The standard InChI is InChI=1S/C23H34N2O2/c1-8-18(16-24-6)17(2)20-15-19(27-23(3,4)5)12-13-21(20)25(7)22-11-9-10-14-26-22/h8,12-13,15-16,22H,2,9-11,14H2,1,3-7H3/b18-8+,24-16?. The van der Waals surface area contributed by atoms with Crippen LogP contribution < -0.4 is 9.64 Å². The van der Waals surface area contributed by atoms with E-state index in [1.54, 1.807) is 7.05 Å². The quantitative estimate of drug-likeness (QED) is 0.491. The Bertz CT molecular complexity index is 708. The van der Waals surface area contributed by atoms with Crippen LogP contribution in [0.3, 0.4) is 0 Å². The summed E-state index contributed by atoms with van der Waals surface area (Å²) < 4.78 is 12.1. The van der Waals surface area contributed by atoms with Crippen LogP contribution in [0.2, 0.25) is 0 Å². The molecule has 1 fully saturated rings. The van der Waals surface area contributed by atoms with Crippen molar-refractivity contribution in [3.8, 4) is 5.75 Å². The highest BCUT2D eigenvalue weighted by molar-refractivity contribution is 6.02. The van der Waals surface area contributed by atoms with Crippen LogP contribution in [0.5, 0.6) is 5.75 Å². The van der Waals surface area contributed by atoms with E-state index in [9.17, 15) is 0 Å². The van der Waals surface area contributed by atoms with Crippen molar-refractivity contribution >= 4 is 17.5 Å². The monoisotopic (exact) mass is 370 g/mol. The van der Waals surface area contributed by atoms with Gasteiger partial charge in [-0.3, -0.25) is 4.99 Å². The molecule has 0 aliphatic carbocycles. The maximum atomic E-state index is 6.10. The van der Waals surface area contributed by atoms with Crippen LogP contribution in [0.15, 0.2) is 41.4 Å². The zero-order chi connectivity index (χ0) is 20.0. The number of aliphatic imine (C=N–C) groups is 1. The highest BCUT2D eigenvalue weighted by atomic mass is 16.5. The molecule has 1 aliphatic heterocycles. The van der Waals surface area contributed by atoms with Gasteiger partial charge >= 0.3 is 0 Å². The van der Waals surface area contributed by atoms with Crippen LogP contribution >= 0.6 is 0 Å². The highest BCUT2D eigenvalue weighted by Crippen LogP contribution is 2.36. The molecule has 0 radical (unpaired) electrons. The molecule has 0 N–H and O–H groups in total. The zero-order valence-corrected chi connectivity index (χ0v) is 17.7. The van der Waals surface area contributed by atoms with Gasteiger partial charge in [0.05, 0.1) is 0 Å². The maximum Gasteiger partial charge on any atom is 0.129 e. The van der Waals surface area contributed by atoms with E-state index in [1.807, 2.05) is 25.3 Å². The minimum absolute atomic E-state index is 0.0913. The number of hydrogen-bond acceptors (Lipinski definition) is 4. The predicted octanol–water partition coefficient (Wildman–Crippen LogP) is 5.49. The molecular formula is C23H34N2O2. The van der Waals surface area contributed by atoms with Crippen molar-refractivity contribution in [2.45, 2.75) is 58.8 Å². The van der Waals surface area contributed by atoms with Gasteiger partial charge in [-0.05, 0) is 76.3 Å². The topological polar surface area (TPSA) is 34.1 Å². The van der Waals surface area contributed by atoms with Gasteiger partial charge in [-0.2, -0.15) is 0 Å². The Morgan fingerprint density at radius 2 is 2.07 bits per heavy atom. The van der Waals surface area contributed by atoms with Gasteiger partial charge in [-0.1, -0.05) is 12.7 Å². The summed E-state index contributed by atoms with van der Waals surface area (Å²) >= 11 is 0. The normalized spacial score (nSPS) is 18.6. The molecule has 2 rings (SSSR count). The Hall–Kier alpha value is -2.07. The van der Waals surface area contributed by atoms with E-state index in [2.05, 4.69) is 56.4 Å². The summed E-state index contributed by atoms with van der Waals surface area (Å²) in [6.07, 6.45) is 7.34. The zero-order valence-electron chi connectivity index (χ0n) is 17.7. The smallest absolute Gasteiger partial charge is 0.129 e. The van der Waals surface area contributed by atoms with E-state index in [4.69, 9.17) is 9.47 Å². The van der Waals surface area contributed by atoms with E-state index in [0.717, 1.165) is 47.6 Å². The van der Waals surface area contributed by atoms with E-state index >= 15 is 0 Å². The molecule has 1 aliphatic rings. The number of benzene rings is 1. The third-order valence-corrected chi connectivity index (χ3v) is 4.61. The van der Waals surface area contributed by atoms with Crippen molar-refractivity contribution in [1.29, 1.82) is 0 Å². The minimum Gasteiger partial charge on any atom is -0.488 e. The molecule has 0 aromatic heterocycles. The van der Waals surface area contributed by atoms with Crippen molar-refractivity contribution in [1.82, 2.24) is 0 Å². The molecule has 1 saturated heterocycles. The molecule has 4 heteroatoms. The summed E-state index contributed by atoms with van der Waals surface area (Å²) in [5, 5.41) is 0. The Labute approximate surface area is 164 Å². The molecule has 148 valence electrons. The molecule has 1 atom stereocenters. The average Bonchev–Trinajstić information content (AvgIpc) is 2.64. The van der Waals surface area contributed by atoms with Crippen LogP contribution in [-0.4, -0.2) is 38.7 Å². The fraction of sp³-hybridized carbons (Fsp3) is 0.522. The molecule has 0 amide bonds. The summed E-state index contributed by atoms with van der Waals surface area (Å²) in [6, 6.07) is 6.21. The molecule has 0 spiro atoms. The van der Waals surface area contributed by atoms with Crippen molar-refractivity contribution in [3.63, 3.8) is 0 Å². The van der Waals surface area contributed by atoms with Crippen molar-refractivity contribution in [2.75, 3.05) is 25.6 Å².